The largest absolute Gasteiger partial charge is 0.390 e. The quantitative estimate of drug-likeness (QED) is 0.719. The van der Waals surface area contributed by atoms with Crippen LogP contribution in [0.25, 0.3) is 0 Å². The van der Waals surface area contributed by atoms with Gasteiger partial charge in [0.1, 0.15) is 5.82 Å². The third-order valence-electron chi connectivity index (χ3n) is 2.74. The van der Waals surface area contributed by atoms with Gasteiger partial charge in [0.25, 0.3) is 0 Å². The minimum atomic E-state index is -0.315. The first-order chi connectivity index (χ1) is 7.29. The normalized spacial score (nSPS) is 18.0. The monoisotopic (exact) mass is 209 g/mol. The van der Waals surface area contributed by atoms with Crippen LogP contribution in [0.3, 0.4) is 0 Å². The molecule has 2 rings (SSSR count). The van der Waals surface area contributed by atoms with Crippen LogP contribution in [0, 0.1) is 0 Å². The Labute approximate surface area is 90.3 Å². The molecule has 4 heteroatoms. The van der Waals surface area contributed by atoms with Crippen LogP contribution >= 0.6 is 0 Å². The molecule has 0 radical (unpaired) electrons. The molecule has 0 amide bonds. The van der Waals surface area contributed by atoms with Gasteiger partial charge in [-0.25, -0.2) is 4.98 Å². The molecule has 1 unspecified atom stereocenters. The maximum absolute atomic E-state index is 9.81. The molecular weight excluding hydrogens is 190 g/mol. The summed E-state index contributed by atoms with van der Waals surface area (Å²) < 4.78 is 2.03. The number of imidazole rings is 1. The summed E-state index contributed by atoms with van der Waals surface area (Å²) in [4.78, 5) is 4.23. The van der Waals surface area contributed by atoms with E-state index in [4.69, 9.17) is 0 Å². The van der Waals surface area contributed by atoms with Crippen molar-refractivity contribution >= 4 is 0 Å². The fourth-order valence-corrected chi connectivity index (χ4v) is 1.70. The van der Waals surface area contributed by atoms with Gasteiger partial charge in [0, 0.05) is 31.4 Å². The highest BCUT2D eigenvalue weighted by atomic mass is 16.3. The smallest absolute Gasteiger partial charge is 0.108 e. The van der Waals surface area contributed by atoms with E-state index in [2.05, 4.69) is 17.2 Å². The van der Waals surface area contributed by atoms with Gasteiger partial charge in [-0.3, -0.25) is 0 Å². The number of aliphatic hydroxyl groups excluding tert-OH is 1. The highest BCUT2D eigenvalue weighted by Gasteiger charge is 2.21. The average molecular weight is 209 g/mol. The van der Waals surface area contributed by atoms with Gasteiger partial charge in [0.05, 0.1) is 12.6 Å². The van der Waals surface area contributed by atoms with Crippen molar-refractivity contribution in [2.24, 2.45) is 0 Å². The average Bonchev–Trinajstić information content (AvgIpc) is 2.96. The zero-order valence-corrected chi connectivity index (χ0v) is 9.19. The highest BCUT2D eigenvalue weighted by molar-refractivity contribution is 4.92. The molecule has 1 aromatic heterocycles. The van der Waals surface area contributed by atoms with Crippen LogP contribution in [0.1, 0.15) is 25.6 Å². The lowest BCUT2D eigenvalue weighted by Crippen LogP contribution is -2.31. The van der Waals surface area contributed by atoms with Crippen molar-refractivity contribution in [3.8, 4) is 0 Å². The Kier molecular flexibility index (Phi) is 3.38. The van der Waals surface area contributed by atoms with Gasteiger partial charge in [0.15, 0.2) is 0 Å². The number of aliphatic hydroxyl groups is 1. The molecule has 2 N–H and O–H groups in total. The molecule has 1 atom stereocenters. The van der Waals surface area contributed by atoms with E-state index in [1.165, 1.54) is 12.8 Å². The number of nitrogens with zero attached hydrogens (tertiary/aromatic N) is 2. The summed E-state index contributed by atoms with van der Waals surface area (Å²) in [6.07, 6.45) is 6.84. The molecule has 0 bridgehead atoms. The van der Waals surface area contributed by atoms with Gasteiger partial charge in [0.2, 0.25) is 0 Å². The summed E-state index contributed by atoms with van der Waals surface area (Å²) >= 11 is 0. The Bertz CT molecular complexity index is 307. The summed E-state index contributed by atoms with van der Waals surface area (Å²) in [7, 11) is 0. The number of aryl methyl sites for hydroxylation is 1. The molecule has 0 aromatic carbocycles. The van der Waals surface area contributed by atoms with Crippen LogP contribution in [-0.4, -0.2) is 33.3 Å². The molecule has 0 saturated heterocycles. The lowest BCUT2D eigenvalue weighted by molar-refractivity contribution is 0.150. The summed E-state index contributed by atoms with van der Waals surface area (Å²) in [5.74, 6) is 1.04. The van der Waals surface area contributed by atoms with Crippen LogP contribution < -0.4 is 5.32 Å². The zero-order chi connectivity index (χ0) is 10.7. The van der Waals surface area contributed by atoms with Crippen molar-refractivity contribution in [2.45, 2.75) is 44.9 Å². The molecule has 0 spiro atoms. The van der Waals surface area contributed by atoms with E-state index in [1.54, 1.807) is 6.20 Å². The second-order valence-corrected chi connectivity index (χ2v) is 4.19. The Hall–Kier alpha value is -0.870. The Morgan fingerprint density at radius 3 is 3.13 bits per heavy atom. The van der Waals surface area contributed by atoms with E-state index in [0.717, 1.165) is 12.2 Å². The van der Waals surface area contributed by atoms with Gasteiger partial charge < -0.3 is 15.0 Å². The molecule has 1 aliphatic carbocycles. The van der Waals surface area contributed by atoms with Gasteiger partial charge >= 0.3 is 0 Å². The SMILES string of the molecule is CCc1nccn1CC(O)CNC1CC1. The van der Waals surface area contributed by atoms with Crippen molar-refractivity contribution in [1.29, 1.82) is 0 Å². The van der Waals surface area contributed by atoms with E-state index in [9.17, 15) is 5.11 Å². The molecule has 15 heavy (non-hydrogen) atoms. The Balaban J connectivity index is 1.78. The third kappa shape index (κ3) is 3.04. The lowest BCUT2D eigenvalue weighted by atomic mass is 10.3. The number of nitrogens with one attached hydrogen (secondary N) is 1. The summed E-state index contributed by atoms with van der Waals surface area (Å²) in [5, 5.41) is 13.1. The predicted molar refractivity (Wildman–Crippen MR) is 58.6 cm³/mol. The van der Waals surface area contributed by atoms with Gasteiger partial charge in [-0.1, -0.05) is 6.92 Å². The van der Waals surface area contributed by atoms with E-state index < -0.39 is 0 Å². The number of hydrogen-bond acceptors (Lipinski definition) is 3. The van der Waals surface area contributed by atoms with E-state index in [1.807, 2.05) is 10.8 Å². The van der Waals surface area contributed by atoms with Crippen LogP contribution in [0.4, 0.5) is 0 Å². The minimum absolute atomic E-state index is 0.315. The first-order valence-electron chi connectivity index (χ1n) is 5.71. The van der Waals surface area contributed by atoms with Crippen molar-refractivity contribution in [1.82, 2.24) is 14.9 Å². The van der Waals surface area contributed by atoms with Crippen LogP contribution in [0.5, 0.6) is 0 Å². The van der Waals surface area contributed by atoms with Gasteiger partial charge in [-0.05, 0) is 12.8 Å². The molecule has 1 aromatic rings. The number of rotatable bonds is 6. The fraction of sp³-hybridized carbons (Fsp3) is 0.727. The topological polar surface area (TPSA) is 50.1 Å². The van der Waals surface area contributed by atoms with E-state index >= 15 is 0 Å². The second-order valence-electron chi connectivity index (χ2n) is 4.19. The van der Waals surface area contributed by atoms with Gasteiger partial charge in [-0.2, -0.15) is 0 Å². The number of hydrogen-bond donors (Lipinski definition) is 2. The Morgan fingerprint density at radius 2 is 2.47 bits per heavy atom. The molecule has 1 aliphatic rings. The molecule has 1 heterocycles. The standard InChI is InChI=1S/C11H19N3O/c1-2-11-12-5-6-14(11)8-10(15)7-13-9-3-4-9/h5-6,9-10,13,15H,2-4,7-8H2,1H3. The molecule has 1 fully saturated rings. The maximum atomic E-state index is 9.81. The third-order valence-corrected chi connectivity index (χ3v) is 2.74. The van der Waals surface area contributed by atoms with Crippen LogP contribution in [-0.2, 0) is 13.0 Å². The Morgan fingerprint density at radius 1 is 1.67 bits per heavy atom. The predicted octanol–water partition coefficient (Wildman–Crippen LogP) is 0.558. The summed E-state index contributed by atoms with van der Waals surface area (Å²) in [6, 6.07) is 0.660. The molecule has 84 valence electrons. The summed E-state index contributed by atoms with van der Waals surface area (Å²) in [6.45, 7) is 3.41. The lowest BCUT2D eigenvalue weighted by Gasteiger charge is -2.13. The zero-order valence-electron chi connectivity index (χ0n) is 9.19. The van der Waals surface area contributed by atoms with Crippen molar-refractivity contribution in [2.75, 3.05) is 6.54 Å². The van der Waals surface area contributed by atoms with E-state index in [-0.39, 0.29) is 6.10 Å². The van der Waals surface area contributed by atoms with Crippen molar-refractivity contribution < 1.29 is 5.11 Å². The first-order valence-corrected chi connectivity index (χ1v) is 5.71. The number of aromatic nitrogens is 2. The van der Waals surface area contributed by atoms with Crippen LogP contribution in [0.15, 0.2) is 12.4 Å². The maximum Gasteiger partial charge on any atom is 0.108 e. The van der Waals surface area contributed by atoms with Crippen molar-refractivity contribution in [3.05, 3.63) is 18.2 Å². The molecular formula is C11H19N3O. The molecule has 4 nitrogen and oxygen atoms in total. The summed E-state index contributed by atoms with van der Waals surface area (Å²) in [5.41, 5.74) is 0. The second kappa shape index (κ2) is 4.77. The van der Waals surface area contributed by atoms with Gasteiger partial charge in [-0.15, -0.1) is 0 Å². The van der Waals surface area contributed by atoms with Crippen molar-refractivity contribution in [3.63, 3.8) is 0 Å². The molecule has 0 aliphatic heterocycles. The molecule has 1 saturated carbocycles. The first kappa shape index (κ1) is 10.6. The minimum Gasteiger partial charge on any atom is -0.390 e. The highest BCUT2D eigenvalue weighted by Crippen LogP contribution is 2.18. The fourth-order valence-electron chi connectivity index (χ4n) is 1.70. The van der Waals surface area contributed by atoms with Crippen LogP contribution in [0.2, 0.25) is 0 Å². The van der Waals surface area contributed by atoms with E-state index in [0.29, 0.717) is 19.1 Å².